The smallest absolute Gasteiger partial charge is 0.303 e. The third-order valence-corrected chi connectivity index (χ3v) is 2.86. The maximum Gasteiger partial charge on any atom is 0.303 e. The van der Waals surface area contributed by atoms with Gasteiger partial charge in [0.2, 0.25) is 11.7 Å². The summed E-state index contributed by atoms with van der Waals surface area (Å²) in [4.78, 5) is 21.9. The van der Waals surface area contributed by atoms with Crippen LogP contribution in [0.2, 0.25) is 0 Å². The molecule has 1 amide bonds. The lowest BCUT2D eigenvalue weighted by atomic mass is 10.3. The van der Waals surface area contributed by atoms with Crippen LogP contribution in [-0.4, -0.2) is 27.5 Å². The lowest BCUT2D eigenvalue weighted by molar-refractivity contribution is -0.114. The van der Waals surface area contributed by atoms with Gasteiger partial charge in [-0.05, 0) is 6.92 Å². The van der Waals surface area contributed by atoms with Crippen molar-refractivity contribution in [3.05, 3.63) is 30.1 Å². The summed E-state index contributed by atoms with van der Waals surface area (Å²) in [5, 5.41) is 5.03. The number of nitrogens with one attached hydrogen (secondary N) is 2. The van der Waals surface area contributed by atoms with E-state index in [1.165, 1.54) is 19.2 Å². The van der Waals surface area contributed by atoms with Gasteiger partial charge in [-0.15, -0.1) is 0 Å². The summed E-state index contributed by atoms with van der Waals surface area (Å²) in [6.45, 7) is 3.93. The summed E-state index contributed by atoms with van der Waals surface area (Å²) in [6.07, 6.45) is 1.96. The predicted molar refractivity (Wildman–Crippen MR) is 84.6 cm³/mol. The maximum absolute atomic E-state index is 13.9. The van der Waals surface area contributed by atoms with Gasteiger partial charge >= 0.3 is 5.92 Å². The largest absolute Gasteiger partial charge is 0.490 e. The molecule has 2 heterocycles. The molecule has 2 aromatic heterocycles. The highest BCUT2D eigenvalue weighted by Gasteiger charge is 2.29. The third-order valence-electron chi connectivity index (χ3n) is 2.86. The van der Waals surface area contributed by atoms with Crippen molar-refractivity contribution in [2.75, 3.05) is 17.2 Å². The van der Waals surface area contributed by atoms with Gasteiger partial charge in [-0.2, -0.15) is 8.78 Å². The van der Waals surface area contributed by atoms with Crippen LogP contribution in [-0.2, 0) is 10.7 Å². The highest BCUT2D eigenvalue weighted by atomic mass is 19.3. The minimum absolute atomic E-state index is 0.175. The average Bonchev–Trinajstić information content (AvgIpc) is 2.50. The molecular weight excluding hydrogens is 339 g/mol. The number of rotatable bonds is 6. The molecule has 2 N–H and O–H groups in total. The number of anilines is 3. The van der Waals surface area contributed by atoms with Crippen molar-refractivity contribution in [3.63, 3.8) is 0 Å². The fourth-order valence-corrected chi connectivity index (χ4v) is 1.85. The monoisotopic (exact) mass is 355 g/mol. The van der Waals surface area contributed by atoms with E-state index in [2.05, 4.69) is 25.6 Å². The van der Waals surface area contributed by atoms with Crippen LogP contribution in [0.15, 0.2) is 18.5 Å². The quantitative estimate of drug-likeness (QED) is 0.827. The molecule has 0 aliphatic carbocycles. The summed E-state index contributed by atoms with van der Waals surface area (Å²) in [7, 11) is 0. The molecule has 2 aromatic rings. The summed E-state index contributed by atoms with van der Waals surface area (Å²) >= 11 is 0. The van der Waals surface area contributed by atoms with Crippen LogP contribution in [0.5, 0.6) is 5.75 Å². The molecule has 134 valence electrons. The number of ether oxygens (including phenoxy) is 1. The van der Waals surface area contributed by atoms with Crippen LogP contribution in [0.25, 0.3) is 0 Å². The van der Waals surface area contributed by atoms with Gasteiger partial charge in [-0.3, -0.25) is 4.79 Å². The first kappa shape index (κ1) is 18.4. The second-order valence-corrected chi connectivity index (χ2v) is 5.08. The molecule has 0 atom stereocenters. The van der Waals surface area contributed by atoms with Crippen molar-refractivity contribution in [3.8, 4) is 5.75 Å². The number of carbonyl (C=O) groups is 1. The van der Waals surface area contributed by atoms with Gasteiger partial charge in [-0.25, -0.2) is 19.3 Å². The fourth-order valence-electron chi connectivity index (χ4n) is 1.85. The number of amides is 1. The van der Waals surface area contributed by atoms with Gasteiger partial charge in [0.15, 0.2) is 17.4 Å². The third kappa shape index (κ3) is 4.78. The zero-order valence-electron chi connectivity index (χ0n) is 13.7. The van der Waals surface area contributed by atoms with Crippen LogP contribution >= 0.6 is 0 Å². The Labute approximate surface area is 141 Å². The zero-order chi connectivity index (χ0) is 18.6. The van der Waals surface area contributed by atoms with E-state index in [9.17, 15) is 18.0 Å². The Morgan fingerprint density at radius 1 is 1.32 bits per heavy atom. The lowest BCUT2D eigenvalue weighted by Gasteiger charge is -2.15. The van der Waals surface area contributed by atoms with E-state index in [4.69, 9.17) is 4.74 Å². The molecule has 0 aromatic carbocycles. The van der Waals surface area contributed by atoms with Gasteiger partial charge in [0, 0.05) is 19.9 Å². The SMILES string of the molecule is CCOc1cnc(NC(C)=O)cc1Nc1nc(C(C)(F)F)ncc1F. The van der Waals surface area contributed by atoms with Crippen molar-refractivity contribution in [1.29, 1.82) is 0 Å². The molecule has 0 saturated carbocycles. The minimum Gasteiger partial charge on any atom is -0.490 e. The first-order valence-electron chi connectivity index (χ1n) is 7.29. The molecule has 0 radical (unpaired) electrons. The van der Waals surface area contributed by atoms with E-state index in [0.717, 1.165) is 0 Å². The van der Waals surface area contributed by atoms with Crippen LogP contribution < -0.4 is 15.4 Å². The molecule has 2 rings (SSSR count). The molecule has 0 saturated heterocycles. The first-order valence-corrected chi connectivity index (χ1v) is 7.29. The number of nitrogens with zero attached hydrogens (tertiary/aromatic N) is 3. The van der Waals surface area contributed by atoms with E-state index in [0.29, 0.717) is 19.7 Å². The standard InChI is InChI=1S/C15H16F3N5O2/c1-4-25-11-7-19-12(21-8(2)24)5-10(11)22-13-9(16)6-20-14(23-13)15(3,17)18/h5-7H,4H2,1-3H3,(H2,19,20,21,22,23,24). The summed E-state index contributed by atoms with van der Waals surface area (Å²) in [5.41, 5.74) is 0.198. The summed E-state index contributed by atoms with van der Waals surface area (Å²) in [5.74, 6) is -5.48. The minimum atomic E-state index is -3.33. The van der Waals surface area contributed by atoms with Crippen LogP contribution in [0.4, 0.5) is 30.5 Å². The number of pyridine rings is 1. The Balaban J connectivity index is 2.42. The van der Waals surface area contributed by atoms with E-state index in [1.807, 2.05) is 0 Å². The van der Waals surface area contributed by atoms with E-state index in [-0.39, 0.29) is 23.2 Å². The number of alkyl halides is 2. The lowest BCUT2D eigenvalue weighted by Crippen LogP contribution is -2.15. The Morgan fingerprint density at radius 3 is 2.64 bits per heavy atom. The van der Waals surface area contributed by atoms with Crippen molar-refractivity contribution in [2.45, 2.75) is 26.7 Å². The van der Waals surface area contributed by atoms with Crippen LogP contribution in [0.1, 0.15) is 26.6 Å². The van der Waals surface area contributed by atoms with Gasteiger partial charge < -0.3 is 15.4 Å². The second kappa shape index (κ2) is 7.32. The molecule has 7 nitrogen and oxygen atoms in total. The second-order valence-electron chi connectivity index (χ2n) is 5.08. The average molecular weight is 355 g/mol. The van der Waals surface area contributed by atoms with E-state index >= 15 is 0 Å². The Bertz CT molecular complexity index is 780. The van der Waals surface area contributed by atoms with E-state index in [1.54, 1.807) is 6.92 Å². The van der Waals surface area contributed by atoms with Gasteiger partial charge in [0.05, 0.1) is 24.7 Å². The number of hydrogen-bond acceptors (Lipinski definition) is 6. The molecule has 0 spiro atoms. The molecule has 0 aliphatic rings. The molecule has 10 heteroatoms. The van der Waals surface area contributed by atoms with Gasteiger partial charge in [0.1, 0.15) is 5.82 Å². The van der Waals surface area contributed by atoms with Crippen molar-refractivity contribution in [1.82, 2.24) is 15.0 Å². The molecule has 25 heavy (non-hydrogen) atoms. The summed E-state index contributed by atoms with van der Waals surface area (Å²) in [6, 6.07) is 1.37. The number of aromatic nitrogens is 3. The number of carbonyl (C=O) groups excluding carboxylic acids is 1. The zero-order valence-corrected chi connectivity index (χ0v) is 13.7. The molecule has 0 bridgehead atoms. The Morgan fingerprint density at radius 2 is 2.04 bits per heavy atom. The Kier molecular flexibility index (Phi) is 5.40. The topological polar surface area (TPSA) is 89.0 Å². The Hall–Kier alpha value is -2.91. The fraction of sp³-hybridized carbons (Fsp3) is 0.333. The van der Waals surface area contributed by atoms with Crippen molar-refractivity contribution < 1.29 is 22.7 Å². The maximum atomic E-state index is 13.9. The van der Waals surface area contributed by atoms with Gasteiger partial charge in [-0.1, -0.05) is 0 Å². The van der Waals surface area contributed by atoms with Crippen molar-refractivity contribution in [2.24, 2.45) is 0 Å². The number of halogens is 3. The van der Waals surface area contributed by atoms with Crippen LogP contribution in [0.3, 0.4) is 0 Å². The van der Waals surface area contributed by atoms with Crippen molar-refractivity contribution >= 4 is 23.2 Å². The predicted octanol–water partition coefficient (Wildman–Crippen LogP) is 3.22. The number of hydrogen-bond donors (Lipinski definition) is 2. The first-order chi connectivity index (χ1) is 11.7. The highest BCUT2D eigenvalue weighted by Crippen LogP contribution is 2.31. The molecule has 0 aliphatic heterocycles. The molecule has 0 fully saturated rings. The normalized spacial score (nSPS) is 11.1. The molecular formula is C15H16F3N5O2. The molecule has 0 unspecified atom stereocenters. The highest BCUT2D eigenvalue weighted by molar-refractivity contribution is 5.88. The van der Waals surface area contributed by atoms with Gasteiger partial charge in [0.25, 0.3) is 0 Å². The summed E-state index contributed by atoms with van der Waals surface area (Å²) < 4.78 is 46.0. The van der Waals surface area contributed by atoms with E-state index < -0.39 is 23.4 Å². The van der Waals surface area contributed by atoms with Crippen LogP contribution in [0, 0.1) is 5.82 Å².